The van der Waals surface area contributed by atoms with Gasteiger partial charge in [0.25, 0.3) is 0 Å². The van der Waals surface area contributed by atoms with Gasteiger partial charge < -0.3 is 10.6 Å². The molecule has 1 heterocycles. The standard InChI is InChI=1S/C21H31FN4.HI/c1-2-23-21(24-15-11-12-26(14-15)16-7-3-4-8-16)25-20-13-18(20)17-9-5-6-10-19(17)22;/h5-6,9-10,15-16,18,20H,2-4,7-8,11-14H2,1H3,(H2,23,24,25);1H. The Labute approximate surface area is 179 Å². The van der Waals surface area contributed by atoms with Crippen LogP contribution in [0.15, 0.2) is 29.3 Å². The third kappa shape index (κ3) is 5.13. The van der Waals surface area contributed by atoms with Crippen LogP contribution >= 0.6 is 24.0 Å². The zero-order valence-electron chi connectivity index (χ0n) is 16.2. The van der Waals surface area contributed by atoms with Crippen molar-refractivity contribution < 1.29 is 4.39 Å². The molecule has 2 aliphatic carbocycles. The molecule has 27 heavy (non-hydrogen) atoms. The van der Waals surface area contributed by atoms with Crippen LogP contribution in [0, 0.1) is 5.82 Å². The molecule has 150 valence electrons. The van der Waals surface area contributed by atoms with Crippen molar-refractivity contribution in [3.05, 3.63) is 35.6 Å². The molecule has 3 atom stereocenters. The van der Waals surface area contributed by atoms with Crippen LogP contribution in [0.1, 0.15) is 56.9 Å². The number of guanidine groups is 1. The summed E-state index contributed by atoms with van der Waals surface area (Å²) in [5, 5.41) is 7.16. The first kappa shape index (κ1) is 20.8. The van der Waals surface area contributed by atoms with Crippen LogP contribution in [-0.2, 0) is 0 Å². The number of nitrogens with zero attached hydrogens (tertiary/aromatic N) is 2. The van der Waals surface area contributed by atoms with Crippen molar-refractivity contribution in [2.24, 2.45) is 4.99 Å². The molecule has 1 aromatic rings. The van der Waals surface area contributed by atoms with E-state index in [4.69, 9.17) is 0 Å². The van der Waals surface area contributed by atoms with Crippen molar-refractivity contribution in [1.29, 1.82) is 0 Å². The first-order valence-electron chi connectivity index (χ1n) is 10.3. The molecule has 1 aromatic carbocycles. The van der Waals surface area contributed by atoms with E-state index < -0.39 is 0 Å². The molecule has 0 amide bonds. The molecule has 3 aliphatic rings. The van der Waals surface area contributed by atoms with Crippen LogP contribution < -0.4 is 10.6 Å². The predicted octanol–water partition coefficient (Wildman–Crippen LogP) is 3.87. The van der Waals surface area contributed by atoms with Gasteiger partial charge in [-0.25, -0.2) is 4.39 Å². The maximum Gasteiger partial charge on any atom is 0.191 e. The van der Waals surface area contributed by atoms with Gasteiger partial charge in [0, 0.05) is 43.7 Å². The third-order valence-corrected chi connectivity index (χ3v) is 6.14. The Hall–Kier alpha value is -0.890. The highest BCUT2D eigenvalue weighted by atomic mass is 127. The van der Waals surface area contributed by atoms with E-state index in [0.717, 1.165) is 37.1 Å². The van der Waals surface area contributed by atoms with E-state index in [1.165, 1.54) is 38.6 Å². The lowest BCUT2D eigenvalue weighted by atomic mass is 10.1. The first-order valence-corrected chi connectivity index (χ1v) is 10.3. The van der Waals surface area contributed by atoms with E-state index in [0.29, 0.717) is 6.04 Å². The fourth-order valence-corrected chi connectivity index (χ4v) is 4.64. The van der Waals surface area contributed by atoms with Gasteiger partial charge in [-0.05, 0) is 44.2 Å². The highest BCUT2D eigenvalue weighted by molar-refractivity contribution is 14.0. The van der Waals surface area contributed by atoms with Gasteiger partial charge in [-0.1, -0.05) is 31.0 Å². The summed E-state index contributed by atoms with van der Waals surface area (Å²) < 4.78 is 14.0. The molecule has 4 nitrogen and oxygen atoms in total. The molecule has 6 heteroatoms. The summed E-state index contributed by atoms with van der Waals surface area (Å²) in [6.45, 7) is 5.13. The second-order valence-corrected chi connectivity index (χ2v) is 8.00. The number of benzene rings is 1. The maximum atomic E-state index is 14.0. The number of aliphatic imine (C=N–C) groups is 1. The maximum absolute atomic E-state index is 14.0. The molecular weight excluding hydrogens is 454 g/mol. The fraction of sp³-hybridized carbons (Fsp3) is 0.667. The SMILES string of the molecule is CCN=C(NC1CCN(C2CCCC2)C1)NC1CC1c1ccccc1F.I. The van der Waals surface area contributed by atoms with E-state index in [1.54, 1.807) is 12.1 Å². The van der Waals surface area contributed by atoms with Crippen LogP contribution in [-0.4, -0.2) is 48.6 Å². The van der Waals surface area contributed by atoms with Crippen molar-refractivity contribution >= 4 is 29.9 Å². The van der Waals surface area contributed by atoms with E-state index in [1.807, 2.05) is 12.1 Å². The topological polar surface area (TPSA) is 39.7 Å². The Morgan fingerprint density at radius 3 is 2.70 bits per heavy atom. The van der Waals surface area contributed by atoms with Crippen molar-refractivity contribution in [2.45, 2.75) is 69.5 Å². The Balaban J connectivity index is 0.00000210. The van der Waals surface area contributed by atoms with Crippen LogP contribution in [0.4, 0.5) is 4.39 Å². The fourth-order valence-electron chi connectivity index (χ4n) is 4.64. The molecule has 0 aromatic heterocycles. The summed E-state index contributed by atoms with van der Waals surface area (Å²) in [4.78, 5) is 7.28. The zero-order chi connectivity index (χ0) is 17.9. The Bertz CT molecular complexity index is 647. The van der Waals surface area contributed by atoms with E-state index in [2.05, 4.69) is 27.4 Å². The van der Waals surface area contributed by atoms with Crippen molar-refractivity contribution in [1.82, 2.24) is 15.5 Å². The quantitative estimate of drug-likeness (QED) is 0.377. The summed E-state index contributed by atoms with van der Waals surface area (Å²) in [5.41, 5.74) is 0.828. The van der Waals surface area contributed by atoms with Crippen molar-refractivity contribution in [3.63, 3.8) is 0 Å². The monoisotopic (exact) mass is 486 g/mol. The van der Waals surface area contributed by atoms with Gasteiger partial charge in [-0.2, -0.15) is 0 Å². The lowest BCUT2D eigenvalue weighted by Gasteiger charge is -2.24. The van der Waals surface area contributed by atoms with Crippen molar-refractivity contribution in [2.75, 3.05) is 19.6 Å². The summed E-state index contributed by atoms with van der Waals surface area (Å²) in [5.74, 6) is 1.07. The lowest BCUT2D eigenvalue weighted by molar-refractivity contribution is 0.242. The summed E-state index contributed by atoms with van der Waals surface area (Å²) >= 11 is 0. The number of likely N-dealkylation sites (tertiary alicyclic amines) is 1. The number of hydrogen-bond donors (Lipinski definition) is 2. The second kappa shape index (κ2) is 9.54. The Morgan fingerprint density at radius 2 is 1.96 bits per heavy atom. The minimum absolute atomic E-state index is 0. The van der Waals surface area contributed by atoms with Gasteiger partial charge >= 0.3 is 0 Å². The predicted molar refractivity (Wildman–Crippen MR) is 119 cm³/mol. The van der Waals surface area contributed by atoms with E-state index in [-0.39, 0.29) is 41.8 Å². The Kier molecular flexibility index (Phi) is 7.36. The third-order valence-electron chi connectivity index (χ3n) is 6.14. The molecule has 0 bridgehead atoms. The first-order chi connectivity index (χ1) is 12.7. The summed E-state index contributed by atoms with van der Waals surface area (Å²) in [6.07, 6.45) is 7.68. The summed E-state index contributed by atoms with van der Waals surface area (Å²) in [6, 6.07) is 8.70. The lowest BCUT2D eigenvalue weighted by Crippen LogP contribution is -2.46. The van der Waals surface area contributed by atoms with Gasteiger partial charge in [0.1, 0.15) is 5.82 Å². The average Bonchev–Trinajstić information content (AvgIpc) is 3.03. The van der Waals surface area contributed by atoms with Gasteiger partial charge in [-0.15, -0.1) is 24.0 Å². The van der Waals surface area contributed by atoms with Crippen LogP contribution in [0.25, 0.3) is 0 Å². The second-order valence-electron chi connectivity index (χ2n) is 8.00. The van der Waals surface area contributed by atoms with Crippen LogP contribution in [0.5, 0.6) is 0 Å². The molecule has 2 saturated carbocycles. The molecular formula is C21H32FIN4. The van der Waals surface area contributed by atoms with Crippen LogP contribution in [0.2, 0.25) is 0 Å². The highest BCUT2D eigenvalue weighted by Crippen LogP contribution is 2.41. The highest BCUT2D eigenvalue weighted by Gasteiger charge is 2.41. The molecule has 0 radical (unpaired) electrons. The molecule has 4 rings (SSSR count). The van der Waals surface area contributed by atoms with Crippen molar-refractivity contribution in [3.8, 4) is 0 Å². The minimum Gasteiger partial charge on any atom is -0.353 e. The molecule has 3 fully saturated rings. The van der Waals surface area contributed by atoms with Gasteiger partial charge in [0.15, 0.2) is 5.96 Å². The number of rotatable bonds is 5. The average molecular weight is 486 g/mol. The molecule has 0 spiro atoms. The molecule has 3 unspecified atom stereocenters. The van der Waals surface area contributed by atoms with E-state index >= 15 is 0 Å². The number of hydrogen-bond acceptors (Lipinski definition) is 2. The summed E-state index contributed by atoms with van der Waals surface area (Å²) in [7, 11) is 0. The Morgan fingerprint density at radius 1 is 1.19 bits per heavy atom. The van der Waals surface area contributed by atoms with E-state index in [9.17, 15) is 4.39 Å². The zero-order valence-corrected chi connectivity index (χ0v) is 18.5. The largest absolute Gasteiger partial charge is 0.353 e. The van der Waals surface area contributed by atoms with Gasteiger partial charge in [0.05, 0.1) is 0 Å². The van der Waals surface area contributed by atoms with Gasteiger partial charge in [-0.3, -0.25) is 9.89 Å². The smallest absolute Gasteiger partial charge is 0.191 e. The normalized spacial score (nSPS) is 28.8. The number of halogens is 2. The molecule has 2 N–H and O–H groups in total. The minimum atomic E-state index is -0.0910. The number of nitrogens with one attached hydrogen (secondary N) is 2. The van der Waals surface area contributed by atoms with Crippen LogP contribution in [0.3, 0.4) is 0 Å². The molecule has 1 saturated heterocycles. The molecule has 1 aliphatic heterocycles. The van der Waals surface area contributed by atoms with Gasteiger partial charge in [0.2, 0.25) is 0 Å².